The molecule has 3 fully saturated rings. The Balaban J connectivity index is 1.37. The van der Waals surface area contributed by atoms with Gasteiger partial charge >= 0.3 is 0 Å². The lowest BCUT2D eigenvalue weighted by Crippen LogP contribution is -2.62. The Hall–Kier alpha value is -1.57. The minimum atomic E-state index is 0.248. The summed E-state index contributed by atoms with van der Waals surface area (Å²) >= 11 is 0. The van der Waals surface area contributed by atoms with Gasteiger partial charge in [-0.25, -0.2) is 0 Å². The molecule has 3 saturated heterocycles. The van der Waals surface area contributed by atoms with Crippen molar-refractivity contribution in [3.8, 4) is 0 Å². The monoisotopic (exact) mass is 444 g/mol. The summed E-state index contributed by atoms with van der Waals surface area (Å²) in [7, 11) is 4.14. The quantitative estimate of drug-likeness (QED) is 0.498. The van der Waals surface area contributed by atoms with E-state index < -0.39 is 0 Å². The van der Waals surface area contributed by atoms with Crippen molar-refractivity contribution in [2.24, 2.45) is 4.99 Å². The second-order valence-electron chi connectivity index (χ2n) is 10.0. The summed E-state index contributed by atoms with van der Waals surface area (Å²) in [6.07, 6.45) is 12.2. The minimum absolute atomic E-state index is 0.248. The molecule has 0 saturated carbocycles. The SMILES string of the molecule is CN=C(NCC(c1ccco1)N1CCCCC1)NCC1(N2CCCCC2)CCN(C)CC1. The first-order valence-electron chi connectivity index (χ1n) is 12.9. The standard InChI is InChI=1S/C25H44N6O/c1-26-24(27-20-22(23-10-9-19-32-23)30-13-5-3-6-14-30)28-21-25(11-17-29(2)18-12-25)31-15-7-4-8-16-31/h9-10,19,22H,3-8,11-18,20-21H2,1-2H3,(H2,26,27,28). The molecular weight excluding hydrogens is 400 g/mol. The number of guanidine groups is 1. The highest BCUT2D eigenvalue weighted by molar-refractivity contribution is 5.79. The zero-order valence-corrected chi connectivity index (χ0v) is 20.3. The van der Waals surface area contributed by atoms with Crippen LogP contribution in [-0.2, 0) is 0 Å². The van der Waals surface area contributed by atoms with Gasteiger partial charge in [0.25, 0.3) is 0 Å². The van der Waals surface area contributed by atoms with Crippen molar-refractivity contribution in [3.63, 3.8) is 0 Å². The van der Waals surface area contributed by atoms with E-state index in [9.17, 15) is 0 Å². The van der Waals surface area contributed by atoms with Crippen molar-refractivity contribution in [2.45, 2.75) is 62.9 Å². The van der Waals surface area contributed by atoms with Crippen LogP contribution in [0, 0.1) is 0 Å². The molecule has 2 N–H and O–H groups in total. The molecule has 7 nitrogen and oxygen atoms in total. The number of aliphatic imine (C=N–C) groups is 1. The lowest BCUT2D eigenvalue weighted by atomic mass is 9.84. The number of hydrogen-bond donors (Lipinski definition) is 2. The van der Waals surface area contributed by atoms with Gasteiger partial charge in [-0.3, -0.25) is 14.8 Å². The summed E-state index contributed by atoms with van der Waals surface area (Å²) in [4.78, 5) is 12.4. The zero-order chi connectivity index (χ0) is 22.2. The van der Waals surface area contributed by atoms with Gasteiger partial charge in [-0.05, 0) is 97.0 Å². The molecule has 1 atom stereocenters. The summed E-state index contributed by atoms with van der Waals surface area (Å²) in [5, 5.41) is 7.36. The summed E-state index contributed by atoms with van der Waals surface area (Å²) in [6, 6.07) is 4.37. The van der Waals surface area contributed by atoms with Crippen LogP contribution in [-0.4, -0.2) is 92.7 Å². The van der Waals surface area contributed by atoms with E-state index in [1.54, 1.807) is 6.26 Å². The fourth-order valence-corrected chi connectivity index (χ4v) is 5.79. The highest BCUT2D eigenvalue weighted by Gasteiger charge is 2.39. The first kappa shape index (κ1) is 23.6. The van der Waals surface area contributed by atoms with Gasteiger partial charge in [0.1, 0.15) is 5.76 Å². The van der Waals surface area contributed by atoms with Gasteiger partial charge in [0.15, 0.2) is 5.96 Å². The predicted molar refractivity (Wildman–Crippen MR) is 131 cm³/mol. The molecule has 0 bridgehead atoms. The Bertz CT molecular complexity index is 685. The highest BCUT2D eigenvalue weighted by atomic mass is 16.3. The number of likely N-dealkylation sites (tertiary alicyclic amines) is 3. The van der Waals surface area contributed by atoms with Gasteiger partial charge < -0.3 is 20.0 Å². The van der Waals surface area contributed by atoms with E-state index in [0.717, 1.165) is 37.9 Å². The molecule has 0 aliphatic carbocycles. The molecule has 4 heterocycles. The van der Waals surface area contributed by atoms with Crippen LogP contribution in [0.1, 0.15) is 63.2 Å². The molecule has 3 aliphatic rings. The third-order valence-corrected chi connectivity index (χ3v) is 7.92. The van der Waals surface area contributed by atoms with Gasteiger partial charge in [0.05, 0.1) is 12.3 Å². The number of furan rings is 1. The van der Waals surface area contributed by atoms with E-state index in [4.69, 9.17) is 4.42 Å². The zero-order valence-electron chi connectivity index (χ0n) is 20.3. The van der Waals surface area contributed by atoms with Gasteiger partial charge in [-0.15, -0.1) is 0 Å². The van der Waals surface area contributed by atoms with E-state index in [-0.39, 0.29) is 11.6 Å². The maximum absolute atomic E-state index is 5.82. The van der Waals surface area contributed by atoms with Crippen molar-refractivity contribution in [1.29, 1.82) is 0 Å². The highest BCUT2D eigenvalue weighted by Crippen LogP contribution is 2.31. The molecule has 1 aromatic rings. The predicted octanol–water partition coefficient (Wildman–Crippen LogP) is 2.92. The summed E-state index contributed by atoms with van der Waals surface area (Å²) in [5.74, 6) is 1.96. The summed E-state index contributed by atoms with van der Waals surface area (Å²) in [5.41, 5.74) is 0.248. The molecule has 4 rings (SSSR count). The first-order chi connectivity index (χ1) is 15.7. The molecular formula is C25H44N6O. The normalized spacial score (nSPS) is 24.9. The van der Waals surface area contributed by atoms with Crippen LogP contribution in [0.2, 0.25) is 0 Å². The number of rotatable bonds is 7. The molecule has 0 radical (unpaired) electrons. The average molecular weight is 445 g/mol. The lowest BCUT2D eigenvalue weighted by molar-refractivity contribution is 0.0173. The molecule has 0 aromatic carbocycles. The first-order valence-corrected chi connectivity index (χ1v) is 12.9. The van der Waals surface area contributed by atoms with Crippen LogP contribution < -0.4 is 10.6 Å². The van der Waals surface area contributed by atoms with Crippen molar-refractivity contribution in [1.82, 2.24) is 25.3 Å². The van der Waals surface area contributed by atoms with Crippen molar-refractivity contribution in [3.05, 3.63) is 24.2 Å². The van der Waals surface area contributed by atoms with Crippen LogP contribution in [0.3, 0.4) is 0 Å². The number of nitrogens with zero attached hydrogens (tertiary/aromatic N) is 4. The Morgan fingerprint density at radius 3 is 2.31 bits per heavy atom. The van der Waals surface area contributed by atoms with E-state index in [1.165, 1.54) is 77.5 Å². The van der Waals surface area contributed by atoms with Gasteiger partial charge in [0, 0.05) is 25.7 Å². The maximum atomic E-state index is 5.82. The van der Waals surface area contributed by atoms with Gasteiger partial charge in [0.2, 0.25) is 0 Å². The summed E-state index contributed by atoms with van der Waals surface area (Å²) in [6.45, 7) is 8.91. The molecule has 1 unspecified atom stereocenters. The van der Waals surface area contributed by atoms with E-state index in [2.05, 4.69) is 43.4 Å². The van der Waals surface area contributed by atoms with E-state index in [0.29, 0.717) is 0 Å². The molecule has 180 valence electrons. The fraction of sp³-hybridized carbons (Fsp3) is 0.800. The number of piperidine rings is 3. The van der Waals surface area contributed by atoms with E-state index >= 15 is 0 Å². The topological polar surface area (TPSA) is 59.3 Å². The summed E-state index contributed by atoms with van der Waals surface area (Å²) < 4.78 is 5.82. The Morgan fingerprint density at radius 1 is 1.00 bits per heavy atom. The lowest BCUT2D eigenvalue weighted by Gasteiger charge is -2.50. The van der Waals surface area contributed by atoms with Crippen molar-refractivity contribution in [2.75, 3.05) is 66.5 Å². The molecule has 32 heavy (non-hydrogen) atoms. The smallest absolute Gasteiger partial charge is 0.191 e. The van der Waals surface area contributed by atoms with E-state index in [1.807, 2.05) is 13.1 Å². The third-order valence-electron chi connectivity index (χ3n) is 7.92. The minimum Gasteiger partial charge on any atom is -0.468 e. The molecule has 7 heteroatoms. The van der Waals surface area contributed by atoms with Gasteiger partial charge in [-0.2, -0.15) is 0 Å². The second kappa shape index (κ2) is 11.5. The van der Waals surface area contributed by atoms with Crippen LogP contribution in [0.5, 0.6) is 0 Å². The van der Waals surface area contributed by atoms with Crippen LogP contribution in [0.25, 0.3) is 0 Å². The molecule has 0 amide bonds. The van der Waals surface area contributed by atoms with Crippen LogP contribution in [0.15, 0.2) is 27.8 Å². The van der Waals surface area contributed by atoms with Crippen LogP contribution in [0.4, 0.5) is 0 Å². The maximum Gasteiger partial charge on any atom is 0.191 e. The Labute approximate surface area is 194 Å². The largest absolute Gasteiger partial charge is 0.468 e. The van der Waals surface area contributed by atoms with Gasteiger partial charge in [-0.1, -0.05) is 12.8 Å². The number of hydrogen-bond acceptors (Lipinski definition) is 5. The molecule has 3 aliphatic heterocycles. The third kappa shape index (κ3) is 5.86. The molecule has 1 aromatic heterocycles. The van der Waals surface area contributed by atoms with Crippen molar-refractivity contribution < 1.29 is 4.42 Å². The molecule has 0 spiro atoms. The fourth-order valence-electron chi connectivity index (χ4n) is 5.79. The Kier molecular flexibility index (Phi) is 8.49. The average Bonchev–Trinajstić information content (AvgIpc) is 3.38. The Morgan fingerprint density at radius 2 is 1.69 bits per heavy atom. The van der Waals surface area contributed by atoms with Crippen molar-refractivity contribution >= 4 is 5.96 Å². The number of nitrogens with one attached hydrogen (secondary N) is 2. The van der Waals surface area contributed by atoms with Crippen LogP contribution >= 0.6 is 0 Å². The second-order valence-corrected chi connectivity index (χ2v) is 10.0.